The van der Waals surface area contributed by atoms with E-state index >= 15 is 0 Å². The zero-order valence-corrected chi connectivity index (χ0v) is 14.1. The summed E-state index contributed by atoms with van der Waals surface area (Å²) in [5, 5.41) is 0. The molecular formula is C16H21N3O3S. The molecule has 3 rings (SSSR count). The first-order valence-electron chi connectivity index (χ1n) is 7.89. The molecule has 7 heteroatoms. The average Bonchev–Trinajstić information content (AvgIpc) is 3.07. The van der Waals surface area contributed by atoms with Gasteiger partial charge in [0.15, 0.2) is 0 Å². The monoisotopic (exact) mass is 335 g/mol. The van der Waals surface area contributed by atoms with Crippen LogP contribution in [0, 0.1) is 0 Å². The van der Waals surface area contributed by atoms with Crippen LogP contribution in [0.3, 0.4) is 0 Å². The van der Waals surface area contributed by atoms with Crippen LogP contribution >= 0.6 is 11.8 Å². The minimum absolute atomic E-state index is 0.0266. The number of piperazine rings is 1. The van der Waals surface area contributed by atoms with Crippen molar-refractivity contribution in [2.24, 2.45) is 0 Å². The summed E-state index contributed by atoms with van der Waals surface area (Å²) >= 11 is 1.88. The molecule has 0 aliphatic carbocycles. The van der Waals surface area contributed by atoms with Gasteiger partial charge in [0.1, 0.15) is 6.10 Å². The van der Waals surface area contributed by atoms with E-state index in [9.17, 15) is 9.59 Å². The Bertz CT molecular complexity index is 582. The van der Waals surface area contributed by atoms with Crippen molar-refractivity contribution in [3.8, 4) is 5.88 Å². The van der Waals surface area contributed by atoms with Gasteiger partial charge >= 0.3 is 0 Å². The molecule has 2 aliphatic rings. The van der Waals surface area contributed by atoms with E-state index in [4.69, 9.17) is 4.74 Å². The zero-order valence-electron chi connectivity index (χ0n) is 13.2. The predicted octanol–water partition coefficient (Wildman–Crippen LogP) is 1.27. The highest BCUT2D eigenvalue weighted by Gasteiger charge is 2.24. The molecule has 23 heavy (non-hydrogen) atoms. The minimum Gasteiger partial charge on any atom is -0.473 e. The smallest absolute Gasteiger partial charge is 0.254 e. The molecule has 0 spiro atoms. The third kappa shape index (κ3) is 3.96. The Balaban J connectivity index is 1.62. The molecule has 1 unspecified atom stereocenters. The number of amides is 2. The number of hydrogen-bond donors (Lipinski definition) is 0. The number of pyridine rings is 1. The van der Waals surface area contributed by atoms with E-state index in [1.165, 1.54) is 0 Å². The molecule has 0 radical (unpaired) electrons. The lowest BCUT2D eigenvalue weighted by atomic mass is 10.2. The summed E-state index contributed by atoms with van der Waals surface area (Å²) in [5.74, 6) is 2.65. The standard InChI is InChI=1S/C16H21N3O3S/c1-12(20)18-5-7-19(8-6-18)16(21)13-2-4-17-15(10-13)22-14-3-9-23-11-14/h2,4,10,14H,3,5-9,11H2,1H3. The van der Waals surface area contributed by atoms with Crippen LogP contribution in [0.5, 0.6) is 5.88 Å². The fourth-order valence-corrected chi connectivity index (χ4v) is 3.88. The van der Waals surface area contributed by atoms with E-state index in [2.05, 4.69) is 4.98 Å². The van der Waals surface area contributed by atoms with Crippen LogP contribution in [0.25, 0.3) is 0 Å². The van der Waals surface area contributed by atoms with E-state index in [-0.39, 0.29) is 17.9 Å². The Labute approximate surface area is 140 Å². The van der Waals surface area contributed by atoms with Crippen molar-refractivity contribution < 1.29 is 14.3 Å². The highest BCUT2D eigenvalue weighted by atomic mass is 32.2. The second kappa shape index (κ2) is 7.21. The summed E-state index contributed by atoms with van der Waals surface area (Å²) in [6.07, 6.45) is 2.84. The highest BCUT2D eigenvalue weighted by Crippen LogP contribution is 2.22. The Morgan fingerprint density at radius 3 is 2.65 bits per heavy atom. The van der Waals surface area contributed by atoms with Crippen molar-refractivity contribution in [3.63, 3.8) is 0 Å². The molecule has 2 amide bonds. The van der Waals surface area contributed by atoms with E-state index < -0.39 is 0 Å². The average molecular weight is 335 g/mol. The van der Waals surface area contributed by atoms with Crippen molar-refractivity contribution in [1.29, 1.82) is 0 Å². The molecule has 3 heterocycles. The second-order valence-corrected chi connectivity index (χ2v) is 6.93. The molecule has 124 valence electrons. The van der Waals surface area contributed by atoms with Crippen LogP contribution < -0.4 is 4.74 Å². The van der Waals surface area contributed by atoms with Crippen LogP contribution in [0.15, 0.2) is 18.3 Å². The van der Waals surface area contributed by atoms with Gasteiger partial charge in [0.2, 0.25) is 11.8 Å². The normalized spacial score (nSPS) is 21.3. The van der Waals surface area contributed by atoms with E-state index in [1.54, 1.807) is 35.1 Å². The lowest BCUT2D eigenvalue weighted by Crippen LogP contribution is -2.50. The van der Waals surface area contributed by atoms with Gasteiger partial charge in [-0.2, -0.15) is 11.8 Å². The van der Waals surface area contributed by atoms with Crippen molar-refractivity contribution in [1.82, 2.24) is 14.8 Å². The third-order valence-electron chi connectivity index (χ3n) is 4.17. The maximum Gasteiger partial charge on any atom is 0.254 e. The first-order chi connectivity index (χ1) is 11.1. The highest BCUT2D eigenvalue weighted by molar-refractivity contribution is 7.99. The molecular weight excluding hydrogens is 314 g/mol. The number of carbonyl (C=O) groups excluding carboxylic acids is 2. The largest absolute Gasteiger partial charge is 0.473 e. The molecule has 0 bridgehead atoms. The van der Waals surface area contributed by atoms with Gasteiger partial charge in [-0.3, -0.25) is 9.59 Å². The molecule has 2 aliphatic heterocycles. The molecule has 1 atom stereocenters. The number of thioether (sulfide) groups is 1. The molecule has 0 saturated carbocycles. The van der Waals surface area contributed by atoms with Crippen LogP contribution in [0.2, 0.25) is 0 Å². The molecule has 6 nitrogen and oxygen atoms in total. The molecule has 1 aromatic rings. The van der Waals surface area contributed by atoms with E-state index in [0.29, 0.717) is 37.6 Å². The Morgan fingerprint density at radius 1 is 1.26 bits per heavy atom. The van der Waals surface area contributed by atoms with E-state index in [0.717, 1.165) is 17.9 Å². The first kappa shape index (κ1) is 16.1. The summed E-state index contributed by atoms with van der Waals surface area (Å²) in [5.41, 5.74) is 0.594. The van der Waals surface area contributed by atoms with Crippen molar-refractivity contribution in [3.05, 3.63) is 23.9 Å². The van der Waals surface area contributed by atoms with Gasteiger partial charge in [-0.1, -0.05) is 0 Å². The van der Waals surface area contributed by atoms with Crippen LogP contribution in [0.1, 0.15) is 23.7 Å². The summed E-state index contributed by atoms with van der Waals surface area (Å²) in [4.78, 5) is 31.7. The Morgan fingerprint density at radius 2 is 2.00 bits per heavy atom. The number of carbonyl (C=O) groups is 2. The molecule has 0 N–H and O–H groups in total. The molecule has 1 aromatic heterocycles. The maximum atomic E-state index is 12.6. The number of hydrogen-bond acceptors (Lipinski definition) is 5. The van der Waals surface area contributed by atoms with Crippen LogP contribution in [-0.2, 0) is 4.79 Å². The number of ether oxygens (including phenoxy) is 1. The number of nitrogens with zero attached hydrogens (tertiary/aromatic N) is 3. The number of aromatic nitrogens is 1. The lowest BCUT2D eigenvalue weighted by molar-refractivity contribution is -0.130. The predicted molar refractivity (Wildman–Crippen MR) is 88.8 cm³/mol. The van der Waals surface area contributed by atoms with Gasteiger partial charge in [-0.15, -0.1) is 0 Å². The second-order valence-electron chi connectivity index (χ2n) is 5.78. The van der Waals surface area contributed by atoms with Gasteiger partial charge in [0.05, 0.1) is 0 Å². The van der Waals surface area contributed by atoms with Crippen molar-refractivity contribution >= 4 is 23.6 Å². The van der Waals surface area contributed by atoms with Crippen LogP contribution in [0.4, 0.5) is 0 Å². The summed E-state index contributed by atoms with van der Waals surface area (Å²) < 4.78 is 5.85. The Hall–Kier alpha value is -1.76. The van der Waals surface area contributed by atoms with Gasteiger partial charge in [-0.05, 0) is 18.2 Å². The minimum atomic E-state index is -0.0266. The molecule has 0 aromatic carbocycles. The van der Waals surface area contributed by atoms with Crippen LogP contribution in [-0.4, -0.2) is 70.4 Å². The lowest BCUT2D eigenvalue weighted by Gasteiger charge is -2.34. The zero-order chi connectivity index (χ0) is 16.2. The first-order valence-corrected chi connectivity index (χ1v) is 9.04. The third-order valence-corrected chi connectivity index (χ3v) is 5.30. The summed E-state index contributed by atoms with van der Waals surface area (Å²) in [7, 11) is 0. The van der Waals surface area contributed by atoms with Gasteiger partial charge < -0.3 is 14.5 Å². The fourth-order valence-electron chi connectivity index (χ4n) is 2.79. The summed E-state index contributed by atoms with van der Waals surface area (Å²) in [6, 6.07) is 3.44. The molecule has 2 saturated heterocycles. The maximum absolute atomic E-state index is 12.6. The topological polar surface area (TPSA) is 62.7 Å². The van der Waals surface area contributed by atoms with Crippen molar-refractivity contribution in [2.45, 2.75) is 19.4 Å². The van der Waals surface area contributed by atoms with Gasteiger partial charge in [-0.25, -0.2) is 4.98 Å². The quantitative estimate of drug-likeness (QED) is 0.832. The SMILES string of the molecule is CC(=O)N1CCN(C(=O)c2ccnc(OC3CCSC3)c2)CC1. The summed E-state index contributed by atoms with van der Waals surface area (Å²) in [6.45, 7) is 3.88. The van der Waals surface area contributed by atoms with E-state index in [1.807, 2.05) is 11.8 Å². The van der Waals surface area contributed by atoms with Gasteiger partial charge in [0.25, 0.3) is 5.91 Å². The van der Waals surface area contributed by atoms with Gasteiger partial charge in [0, 0.05) is 56.7 Å². The Kier molecular flexibility index (Phi) is 5.05. The van der Waals surface area contributed by atoms with Crippen molar-refractivity contribution in [2.75, 3.05) is 37.7 Å². The number of rotatable bonds is 3. The molecule has 2 fully saturated rings. The fraction of sp³-hybridized carbons (Fsp3) is 0.562.